The zero-order valence-electron chi connectivity index (χ0n) is 32.9. The van der Waals surface area contributed by atoms with Crippen LogP contribution in [0.15, 0.2) is 0 Å². The number of aliphatic hydroxyl groups excluding tert-OH is 18. The molecule has 0 saturated carbocycles. The Labute approximate surface area is 355 Å². The van der Waals surface area contributed by atoms with Crippen molar-refractivity contribution in [1.82, 2.24) is 0 Å². The Balaban J connectivity index is 1.42. The second-order valence-corrected chi connectivity index (χ2v) is 15.6. The van der Waals surface area contributed by atoms with Gasteiger partial charge < -0.3 is 144 Å². The summed E-state index contributed by atoms with van der Waals surface area (Å²) in [6, 6.07) is 0. The third kappa shape index (κ3) is 11.8. The van der Waals surface area contributed by atoms with Gasteiger partial charge in [0.05, 0.1) is 39.6 Å². The fourth-order valence-corrected chi connectivity index (χ4v) is 7.29. The van der Waals surface area contributed by atoms with Crippen LogP contribution < -0.4 is 0 Å². The fourth-order valence-electron chi connectivity index (χ4n) is 7.29. The number of aldehydes is 1. The summed E-state index contributed by atoms with van der Waals surface area (Å²) in [6.07, 6.45) is -52.6. The Morgan fingerprint density at radius 2 is 0.921 bits per heavy atom. The number of rotatable bonds is 18. The molecule has 5 saturated heterocycles. The van der Waals surface area contributed by atoms with E-state index >= 15 is 0 Å². The summed E-state index contributed by atoms with van der Waals surface area (Å²) in [5.41, 5.74) is 0. The molecule has 18 N–H and O–H groups in total. The van der Waals surface area contributed by atoms with Gasteiger partial charge in [0.2, 0.25) is 0 Å². The van der Waals surface area contributed by atoms with Crippen LogP contribution in [0.5, 0.6) is 0 Å². The molecule has 368 valence electrons. The molecular weight excluding hydrogens is 872 g/mol. The monoisotopic (exact) mass is 930 g/mol. The average Bonchev–Trinajstić information content (AvgIpc) is 3.27. The predicted molar refractivity (Wildman–Crippen MR) is 188 cm³/mol. The first-order valence-electron chi connectivity index (χ1n) is 19.7. The minimum atomic E-state index is -2.28. The van der Waals surface area contributed by atoms with E-state index in [1.807, 2.05) is 0 Å². The van der Waals surface area contributed by atoms with Gasteiger partial charge in [-0.05, 0) is 0 Å². The van der Waals surface area contributed by atoms with E-state index in [4.69, 9.17) is 47.4 Å². The highest BCUT2D eigenvalue weighted by molar-refractivity contribution is 5.56. The van der Waals surface area contributed by atoms with E-state index in [0.717, 1.165) is 0 Å². The number of aliphatic hydroxyl groups is 18. The summed E-state index contributed by atoms with van der Waals surface area (Å²) >= 11 is 0. The molecule has 0 radical (unpaired) electrons. The Kier molecular flexibility index (Phi) is 19.2. The normalized spacial score (nSPS) is 48.3. The van der Waals surface area contributed by atoms with Crippen LogP contribution in [0, 0.1) is 0 Å². The Bertz CT molecular complexity index is 1390. The van der Waals surface area contributed by atoms with Gasteiger partial charge in [0.15, 0.2) is 37.7 Å². The maximum Gasteiger partial charge on any atom is 0.187 e. The highest BCUT2D eigenvalue weighted by Crippen LogP contribution is 2.34. The molecule has 63 heavy (non-hydrogen) atoms. The molecule has 0 unspecified atom stereocenters. The standard InChI is InChI=1S/C34H58O29/c35-1-8(38)17(44)27(9(39)2-36)61-33-25(52)20(47)29(13(59-33)6-56-30-22(49)15(42)10(40)4-54-30)63-34-26(53)21(48)28(62-32-24(51)19(46)18(45)12(3-37)58-32)14(60-34)7-57-31-23(50)16(43)11(41)5-55-31/h1,8-34,36-53H,2-7H2/t8-,9+,10+,11+,12+,13+,14+,15-,16-,17+,18+,19-,20+,21+,22+,23+,24+,25+,26+,27+,28+,29+,30+,31+,32-,33-,34-/m0/s1. The molecule has 29 heteroatoms. The molecule has 0 aromatic carbocycles. The number of hydrogen-bond acceptors (Lipinski definition) is 29. The van der Waals surface area contributed by atoms with E-state index in [0.29, 0.717) is 0 Å². The molecule has 0 spiro atoms. The SMILES string of the molecule is O=C[C@H](O)[C@@H](O)[C@H](O[C@@H]1O[C@H](CO[C@H]2OC[C@@H](O)[C@H](O)[C@H]2O)[C@@H](O[C@@H]2O[C@H](CO[C@H]3OC[C@@H](O)[C@H](O)[C@H]3O)[C@@H](O[C@@H]3O[C@H](CO)[C@@H](O)[C@H](O)[C@H]3O)[C@H](O)[C@H]2O)[C@H](O)[C@H]1O)[C@H](O)CO. The van der Waals surface area contributed by atoms with Crippen LogP contribution in [0.2, 0.25) is 0 Å². The predicted octanol–water partition coefficient (Wildman–Crippen LogP) is -13.0. The van der Waals surface area contributed by atoms with E-state index in [1.54, 1.807) is 0 Å². The van der Waals surface area contributed by atoms with Crippen molar-refractivity contribution in [2.24, 2.45) is 0 Å². The van der Waals surface area contributed by atoms with Gasteiger partial charge in [-0.1, -0.05) is 0 Å². The lowest BCUT2D eigenvalue weighted by atomic mass is 9.95. The van der Waals surface area contributed by atoms with Crippen LogP contribution in [0.4, 0.5) is 0 Å². The molecule has 0 aromatic rings. The molecule has 5 aliphatic heterocycles. The molecule has 0 amide bonds. The first-order chi connectivity index (χ1) is 29.7. The summed E-state index contributed by atoms with van der Waals surface area (Å²) in [6.45, 7) is -4.81. The van der Waals surface area contributed by atoms with Crippen molar-refractivity contribution in [2.75, 3.05) is 39.6 Å². The smallest absolute Gasteiger partial charge is 0.187 e. The first-order valence-corrected chi connectivity index (χ1v) is 19.7. The molecule has 5 fully saturated rings. The highest BCUT2D eigenvalue weighted by atomic mass is 16.8. The van der Waals surface area contributed by atoms with Gasteiger partial charge in [-0.3, -0.25) is 0 Å². The lowest BCUT2D eigenvalue weighted by Crippen LogP contribution is -2.67. The van der Waals surface area contributed by atoms with Gasteiger partial charge in [0.25, 0.3) is 0 Å². The summed E-state index contributed by atoms with van der Waals surface area (Å²) in [5, 5.41) is 188. The molecule has 27 atom stereocenters. The van der Waals surface area contributed by atoms with Crippen molar-refractivity contribution in [3.63, 3.8) is 0 Å². The van der Waals surface area contributed by atoms with Crippen LogP contribution in [-0.2, 0) is 52.2 Å². The Morgan fingerprint density at radius 1 is 0.508 bits per heavy atom. The van der Waals surface area contributed by atoms with Crippen molar-refractivity contribution < 1.29 is 144 Å². The maximum atomic E-state index is 11.5. The number of carbonyl (C=O) groups excluding carboxylic acids is 1. The minimum Gasteiger partial charge on any atom is -0.394 e. The minimum absolute atomic E-state index is 0.140. The molecule has 5 aliphatic rings. The van der Waals surface area contributed by atoms with Crippen LogP contribution in [-0.4, -0.2) is 304 Å². The van der Waals surface area contributed by atoms with Crippen LogP contribution >= 0.6 is 0 Å². The maximum absolute atomic E-state index is 11.5. The summed E-state index contributed by atoms with van der Waals surface area (Å²) in [7, 11) is 0. The van der Waals surface area contributed by atoms with Crippen LogP contribution in [0.1, 0.15) is 0 Å². The lowest BCUT2D eigenvalue weighted by Gasteiger charge is -2.49. The van der Waals surface area contributed by atoms with Gasteiger partial charge >= 0.3 is 0 Å². The van der Waals surface area contributed by atoms with Gasteiger partial charge in [0.1, 0.15) is 134 Å². The summed E-state index contributed by atoms with van der Waals surface area (Å²) in [4.78, 5) is 11.2. The van der Waals surface area contributed by atoms with E-state index in [-0.39, 0.29) is 6.29 Å². The molecule has 5 heterocycles. The van der Waals surface area contributed by atoms with Crippen LogP contribution in [0.25, 0.3) is 0 Å². The molecule has 5 rings (SSSR count). The van der Waals surface area contributed by atoms with Crippen molar-refractivity contribution >= 4 is 6.29 Å². The molecule has 29 nitrogen and oxygen atoms in total. The largest absolute Gasteiger partial charge is 0.394 e. The van der Waals surface area contributed by atoms with Gasteiger partial charge in [-0.25, -0.2) is 0 Å². The van der Waals surface area contributed by atoms with Crippen LogP contribution in [0.3, 0.4) is 0 Å². The second kappa shape index (κ2) is 23.0. The fraction of sp³-hybridized carbons (Fsp3) is 0.971. The molecule has 0 bridgehead atoms. The molecule has 0 aliphatic carbocycles. The number of ether oxygens (including phenoxy) is 10. The third-order valence-corrected chi connectivity index (χ3v) is 11.2. The number of carbonyl (C=O) groups is 1. The quantitative estimate of drug-likeness (QED) is 0.0568. The van der Waals surface area contributed by atoms with Crippen molar-refractivity contribution in [2.45, 2.75) is 166 Å². The first kappa shape index (κ1) is 52.5. The van der Waals surface area contributed by atoms with Crippen molar-refractivity contribution in [3.8, 4) is 0 Å². The third-order valence-electron chi connectivity index (χ3n) is 11.2. The Morgan fingerprint density at radius 3 is 1.37 bits per heavy atom. The van der Waals surface area contributed by atoms with Gasteiger partial charge in [-0.2, -0.15) is 0 Å². The zero-order valence-corrected chi connectivity index (χ0v) is 32.9. The van der Waals surface area contributed by atoms with E-state index in [2.05, 4.69) is 0 Å². The second-order valence-electron chi connectivity index (χ2n) is 15.6. The number of hydrogen-bond donors (Lipinski definition) is 18. The van der Waals surface area contributed by atoms with Gasteiger partial charge in [0, 0.05) is 0 Å². The lowest BCUT2D eigenvalue weighted by molar-refractivity contribution is -0.389. The topological polar surface area (TPSA) is 474 Å². The van der Waals surface area contributed by atoms with Crippen molar-refractivity contribution in [1.29, 1.82) is 0 Å². The average molecular weight is 931 g/mol. The summed E-state index contributed by atoms with van der Waals surface area (Å²) < 4.78 is 55.6. The Hall–Kier alpha value is -1.45. The summed E-state index contributed by atoms with van der Waals surface area (Å²) in [5.74, 6) is 0. The van der Waals surface area contributed by atoms with Crippen molar-refractivity contribution in [3.05, 3.63) is 0 Å². The van der Waals surface area contributed by atoms with E-state index in [1.165, 1.54) is 0 Å². The highest BCUT2D eigenvalue weighted by Gasteiger charge is 2.55. The van der Waals surface area contributed by atoms with E-state index < -0.39 is 205 Å². The van der Waals surface area contributed by atoms with Gasteiger partial charge in [-0.15, -0.1) is 0 Å². The molecule has 0 aromatic heterocycles. The van der Waals surface area contributed by atoms with E-state index in [9.17, 15) is 96.7 Å². The molecular formula is C34H58O29. The zero-order chi connectivity index (χ0) is 46.6.